The molecule has 0 fully saturated rings. The van der Waals surface area contributed by atoms with E-state index in [9.17, 15) is 18.0 Å². The smallest absolute Gasteiger partial charge is 0.416 e. The monoisotopic (exact) mass is 258 g/mol. The molecule has 0 amide bonds. The van der Waals surface area contributed by atoms with Gasteiger partial charge in [0.2, 0.25) is 0 Å². The first-order chi connectivity index (χ1) is 8.36. The normalized spacial score (nSPS) is 12.4. The molecule has 0 aliphatic carbocycles. The molecular formula is C13H13F3O2. The summed E-state index contributed by atoms with van der Waals surface area (Å²) < 4.78 is 42.8. The van der Waals surface area contributed by atoms with Crippen LogP contribution in [-0.4, -0.2) is 12.6 Å². The maximum Gasteiger partial charge on any atom is 0.416 e. The number of halogens is 3. The Hall–Kier alpha value is -1.78. The minimum atomic E-state index is -4.44. The van der Waals surface area contributed by atoms with Crippen molar-refractivity contribution in [3.05, 3.63) is 41.0 Å². The van der Waals surface area contributed by atoms with Gasteiger partial charge in [-0.15, -0.1) is 0 Å². The van der Waals surface area contributed by atoms with Crippen LogP contribution >= 0.6 is 0 Å². The molecule has 0 heterocycles. The van der Waals surface area contributed by atoms with E-state index in [1.165, 1.54) is 31.2 Å². The van der Waals surface area contributed by atoms with E-state index in [4.69, 9.17) is 4.74 Å². The Balaban J connectivity index is 3.11. The molecule has 0 saturated carbocycles. The Morgan fingerprint density at radius 2 is 1.94 bits per heavy atom. The molecule has 1 rings (SSSR count). The fourth-order valence-electron chi connectivity index (χ4n) is 1.42. The standard InChI is InChI=1S/C13H13F3O2/c1-3-18-12(17)9(2)8-10-6-4-5-7-11(10)13(14,15)16/h4-8H,3H2,1-2H3/b9-8+. The highest BCUT2D eigenvalue weighted by molar-refractivity contribution is 5.93. The van der Waals surface area contributed by atoms with Crippen molar-refractivity contribution in [1.29, 1.82) is 0 Å². The maximum absolute atomic E-state index is 12.7. The van der Waals surface area contributed by atoms with Crippen molar-refractivity contribution in [2.75, 3.05) is 6.61 Å². The summed E-state index contributed by atoms with van der Waals surface area (Å²) in [5, 5.41) is 0. The minimum Gasteiger partial charge on any atom is -0.463 e. The molecule has 98 valence electrons. The van der Waals surface area contributed by atoms with E-state index in [0.717, 1.165) is 6.07 Å². The van der Waals surface area contributed by atoms with E-state index in [2.05, 4.69) is 0 Å². The van der Waals surface area contributed by atoms with E-state index >= 15 is 0 Å². The van der Waals surface area contributed by atoms with Crippen LogP contribution in [0.1, 0.15) is 25.0 Å². The molecule has 0 radical (unpaired) electrons. The van der Waals surface area contributed by atoms with Crippen LogP contribution in [0.3, 0.4) is 0 Å². The molecule has 5 heteroatoms. The van der Waals surface area contributed by atoms with Crippen LogP contribution in [0.25, 0.3) is 6.08 Å². The first kappa shape index (κ1) is 14.3. The topological polar surface area (TPSA) is 26.3 Å². The molecule has 0 saturated heterocycles. The highest BCUT2D eigenvalue weighted by Crippen LogP contribution is 2.32. The summed E-state index contributed by atoms with van der Waals surface area (Å²) in [5.74, 6) is -0.616. The summed E-state index contributed by atoms with van der Waals surface area (Å²) in [4.78, 5) is 11.3. The lowest BCUT2D eigenvalue weighted by atomic mass is 10.0. The van der Waals surface area contributed by atoms with E-state index in [0.29, 0.717) is 0 Å². The van der Waals surface area contributed by atoms with Gasteiger partial charge in [-0.2, -0.15) is 13.2 Å². The van der Waals surface area contributed by atoms with Gasteiger partial charge in [-0.25, -0.2) is 4.79 Å². The predicted molar refractivity (Wildman–Crippen MR) is 61.7 cm³/mol. The van der Waals surface area contributed by atoms with E-state index in [1.807, 2.05) is 0 Å². The van der Waals surface area contributed by atoms with Crippen molar-refractivity contribution in [2.45, 2.75) is 20.0 Å². The SMILES string of the molecule is CCOC(=O)/C(C)=C/c1ccccc1C(F)(F)F. The largest absolute Gasteiger partial charge is 0.463 e. The predicted octanol–water partition coefficient (Wildman–Crippen LogP) is 3.67. The fourth-order valence-corrected chi connectivity index (χ4v) is 1.42. The Morgan fingerprint density at radius 1 is 1.33 bits per heavy atom. The van der Waals surface area contributed by atoms with Crippen molar-refractivity contribution < 1.29 is 22.7 Å². The van der Waals surface area contributed by atoms with Crippen LogP contribution in [0.15, 0.2) is 29.8 Å². The Bertz CT molecular complexity index is 462. The summed E-state index contributed by atoms with van der Waals surface area (Å²) in [7, 11) is 0. The zero-order valence-electron chi connectivity index (χ0n) is 10.0. The van der Waals surface area contributed by atoms with Crippen LogP contribution in [0, 0.1) is 0 Å². The molecular weight excluding hydrogens is 245 g/mol. The minimum absolute atomic E-state index is 0.0458. The van der Waals surface area contributed by atoms with Crippen molar-refractivity contribution in [2.24, 2.45) is 0 Å². The molecule has 0 bridgehead atoms. The molecule has 0 atom stereocenters. The second-order valence-corrected chi connectivity index (χ2v) is 3.63. The van der Waals surface area contributed by atoms with Crippen LogP contribution < -0.4 is 0 Å². The zero-order chi connectivity index (χ0) is 13.8. The average molecular weight is 258 g/mol. The van der Waals surface area contributed by atoms with E-state index in [1.54, 1.807) is 6.92 Å². The summed E-state index contributed by atoms with van der Waals surface area (Å²) in [6.07, 6.45) is -3.26. The molecule has 0 aliphatic rings. The number of hydrogen-bond donors (Lipinski definition) is 0. The third-order valence-electron chi connectivity index (χ3n) is 2.24. The number of hydrogen-bond acceptors (Lipinski definition) is 2. The molecule has 1 aromatic carbocycles. The lowest BCUT2D eigenvalue weighted by Gasteiger charge is -2.10. The van der Waals surface area contributed by atoms with Gasteiger partial charge in [0.05, 0.1) is 12.2 Å². The second-order valence-electron chi connectivity index (χ2n) is 3.63. The van der Waals surface area contributed by atoms with E-state index < -0.39 is 17.7 Å². The van der Waals surface area contributed by atoms with Crippen LogP contribution in [0.4, 0.5) is 13.2 Å². The van der Waals surface area contributed by atoms with Gasteiger partial charge >= 0.3 is 12.1 Å². The fraction of sp³-hybridized carbons (Fsp3) is 0.308. The third kappa shape index (κ3) is 3.61. The Morgan fingerprint density at radius 3 is 2.50 bits per heavy atom. The maximum atomic E-state index is 12.7. The quantitative estimate of drug-likeness (QED) is 0.610. The van der Waals surface area contributed by atoms with E-state index in [-0.39, 0.29) is 17.7 Å². The molecule has 0 spiro atoms. The van der Waals surface area contributed by atoms with Crippen molar-refractivity contribution in [3.63, 3.8) is 0 Å². The average Bonchev–Trinajstić information content (AvgIpc) is 2.28. The van der Waals surface area contributed by atoms with Gasteiger partial charge in [-0.05, 0) is 31.6 Å². The molecule has 0 N–H and O–H groups in total. The molecule has 18 heavy (non-hydrogen) atoms. The Labute approximate surface area is 103 Å². The van der Waals surface area contributed by atoms with Gasteiger partial charge in [-0.1, -0.05) is 18.2 Å². The molecule has 2 nitrogen and oxygen atoms in total. The molecule has 1 aromatic rings. The lowest BCUT2D eigenvalue weighted by molar-refractivity contribution is -0.139. The summed E-state index contributed by atoms with van der Waals surface area (Å²) in [6.45, 7) is 3.24. The number of carbonyl (C=O) groups is 1. The van der Waals surface area contributed by atoms with Gasteiger partial charge in [-0.3, -0.25) is 0 Å². The van der Waals surface area contributed by atoms with Gasteiger partial charge < -0.3 is 4.74 Å². The number of ether oxygens (including phenoxy) is 1. The summed E-state index contributed by atoms with van der Waals surface area (Å²) >= 11 is 0. The van der Waals surface area contributed by atoms with Gasteiger partial charge in [0, 0.05) is 5.57 Å². The van der Waals surface area contributed by atoms with Crippen LogP contribution in [-0.2, 0) is 15.7 Å². The summed E-state index contributed by atoms with van der Waals surface area (Å²) in [5.41, 5.74) is -0.683. The van der Waals surface area contributed by atoms with Gasteiger partial charge in [0.1, 0.15) is 0 Å². The third-order valence-corrected chi connectivity index (χ3v) is 2.24. The van der Waals surface area contributed by atoms with Crippen molar-refractivity contribution >= 4 is 12.0 Å². The number of esters is 1. The number of alkyl halides is 3. The number of benzene rings is 1. The highest BCUT2D eigenvalue weighted by atomic mass is 19.4. The number of rotatable bonds is 3. The van der Waals surface area contributed by atoms with Gasteiger partial charge in [0.15, 0.2) is 0 Å². The first-order valence-corrected chi connectivity index (χ1v) is 5.38. The molecule has 0 unspecified atom stereocenters. The van der Waals surface area contributed by atoms with Gasteiger partial charge in [0.25, 0.3) is 0 Å². The molecule has 0 aliphatic heterocycles. The second kappa shape index (κ2) is 5.71. The first-order valence-electron chi connectivity index (χ1n) is 5.38. The Kier molecular flexibility index (Phi) is 4.53. The lowest BCUT2D eigenvalue weighted by Crippen LogP contribution is -2.08. The zero-order valence-corrected chi connectivity index (χ0v) is 10.0. The number of carbonyl (C=O) groups excluding carboxylic acids is 1. The van der Waals surface area contributed by atoms with Crippen molar-refractivity contribution in [3.8, 4) is 0 Å². The molecule has 0 aromatic heterocycles. The highest BCUT2D eigenvalue weighted by Gasteiger charge is 2.32. The van der Waals surface area contributed by atoms with Crippen LogP contribution in [0.5, 0.6) is 0 Å². The van der Waals surface area contributed by atoms with Crippen LogP contribution in [0.2, 0.25) is 0 Å². The summed E-state index contributed by atoms with van der Waals surface area (Å²) in [6, 6.07) is 5.08. The van der Waals surface area contributed by atoms with Crippen molar-refractivity contribution in [1.82, 2.24) is 0 Å².